The first-order valence-electron chi connectivity index (χ1n) is 8.51. The van der Waals surface area contributed by atoms with E-state index in [1.54, 1.807) is 10.8 Å². The second-order valence-corrected chi connectivity index (χ2v) is 6.03. The standard InChI is InChI=1S/C20H18N4O5/c1-29-11-15(20(27)28)16-7-14(10-24(16)9-13-5-3-2-4-6-13)17(25)8-18(26)19-21-12-22-23-19/h2-8,10-12,25H,9H2,1H3,(H,27,28)(H,21,22,23). The largest absolute Gasteiger partial charge is 0.507 e. The number of hydrogen-bond acceptors (Lipinski definition) is 6. The number of aliphatic hydroxyl groups is 1. The number of H-pyrrole nitrogens is 1. The summed E-state index contributed by atoms with van der Waals surface area (Å²) in [6, 6.07) is 10.9. The summed E-state index contributed by atoms with van der Waals surface area (Å²) in [7, 11) is 1.35. The maximum Gasteiger partial charge on any atom is 0.340 e. The fourth-order valence-electron chi connectivity index (χ4n) is 2.73. The van der Waals surface area contributed by atoms with Crippen LogP contribution in [-0.2, 0) is 16.1 Å². The molecule has 0 spiro atoms. The van der Waals surface area contributed by atoms with E-state index in [1.807, 2.05) is 30.3 Å². The second kappa shape index (κ2) is 8.70. The van der Waals surface area contributed by atoms with Crippen molar-refractivity contribution in [1.82, 2.24) is 19.7 Å². The summed E-state index contributed by atoms with van der Waals surface area (Å²) in [6.07, 6.45) is 4.85. The first-order chi connectivity index (χ1) is 14.0. The van der Waals surface area contributed by atoms with Gasteiger partial charge in [-0.1, -0.05) is 30.3 Å². The average molecular weight is 394 g/mol. The van der Waals surface area contributed by atoms with Gasteiger partial charge in [-0.15, -0.1) is 0 Å². The summed E-state index contributed by atoms with van der Waals surface area (Å²) in [5.41, 5.74) is 1.42. The van der Waals surface area contributed by atoms with Crippen LogP contribution in [0.5, 0.6) is 0 Å². The molecule has 0 fully saturated rings. The topological polar surface area (TPSA) is 130 Å². The molecule has 3 N–H and O–H groups in total. The predicted octanol–water partition coefficient (Wildman–Crippen LogP) is 2.51. The van der Waals surface area contributed by atoms with Crippen molar-refractivity contribution in [3.63, 3.8) is 0 Å². The summed E-state index contributed by atoms with van der Waals surface area (Å²) in [5, 5.41) is 26.0. The number of methoxy groups -OCH3 is 1. The molecule has 0 aliphatic heterocycles. The minimum atomic E-state index is -1.19. The number of aromatic amines is 1. The van der Waals surface area contributed by atoms with E-state index in [1.165, 1.54) is 19.5 Å². The van der Waals surface area contributed by atoms with Gasteiger partial charge in [0.1, 0.15) is 17.7 Å². The van der Waals surface area contributed by atoms with Crippen molar-refractivity contribution in [1.29, 1.82) is 0 Å². The van der Waals surface area contributed by atoms with Crippen LogP contribution in [0.25, 0.3) is 11.3 Å². The maximum absolute atomic E-state index is 12.1. The minimum Gasteiger partial charge on any atom is -0.507 e. The summed E-state index contributed by atoms with van der Waals surface area (Å²) < 4.78 is 6.56. The van der Waals surface area contributed by atoms with Gasteiger partial charge in [-0.3, -0.25) is 9.89 Å². The number of allylic oxidation sites excluding steroid dienone is 1. The number of carboxylic acid groups (broad SMARTS) is 1. The Bertz CT molecular complexity index is 1070. The van der Waals surface area contributed by atoms with Crippen molar-refractivity contribution in [3.05, 3.63) is 83.9 Å². The third-order valence-electron chi connectivity index (χ3n) is 4.05. The molecular formula is C20H18N4O5. The predicted molar refractivity (Wildman–Crippen MR) is 104 cm³/mol. The number of nitrogens with one attached hydrogen (secondary N) is 1. The number of carbonyl (C=O) groups is 2. The highest BCUT2D eigenvalue weighted by atomic mass is 16.5. The van der Waals surface area contributed by atoms with Crippen LogP contribution < -0.4 is 0 Å². The van der Waals surface area contributed by atoms with Crippen molar-refractivity contribution in [2.75, 3.05) is 7.11 Å². The Kier molecular flexibility index (Phi) is 5.88. The Morgan fingerprint density at radius 3 is 2.62 bits per heavy atom. The SMILES string of the molecule is COC=C(C(=O)O)c1cc(C(O)=CC(=O)c2ncn[nH]2)cn1Cc1ccccc1. The van der Waals surface area contributed by atoms with E-state index in [2.05, 4.69) is 15.2 Å². The second-order valence-electron chi connectivity index (χ2n) is 6.03. The molecule has 9 nitrogen and oxygen atoms in total. The number of hydrogen-bond donors (Lipinski definition) is 3. The third kappa shape index (κ3) is 4.59. The van der Waals surface area contributed by atoms with Gasteiger partial charge in [-0.2, -0.15) is 5.10 Å². The van der Waals surface area contributed by atoms with E-state index in [-0.39, 0.29) is 22.7 Å². The molecule has 0 bridgehead atoms. The van der Waals surface area contributed by atoms with E-state index in [0.29, 0.717) is 12.2 Å². The molecule has 148 valence electrons. The Morgan fingerprint density at radius 1 is 1.24 bits per heavy atom. The van der Waals surface area contributed by atoms with Crippen LogP contribution in [0.1, 0.15) is 27.4 Å². The number of aliphatic hydroxyl groups excluding tert-OH is 1. The number of ether oxygens (including phenoxy) is 1. The lowest BCUT2D eigenvalue weighted by Crippen LogP contribution is -2.08. The van der Waals surface area contributed by atoms with Gasteiger partial charge in [-0.05, 0) is 11.6 Å². The summed E-state index contributed by atoms with van der Waals surface area (Å²) >= 11 is 0. The van der Waals surface area contributed by atoms with Crippen LogP contribution in [0.15, 0.2) is 61.3 Å². The van der Waals surface area contributed by atoms with Gasteiger partial charge in [0, 0.05) is 24.4 Å². The molecule has 3 aromatic rings. The quantitative estimate of drug-likeness (QED) is 0.304. The zero-order chi connectivity index (χ0) is 20.8. The number of carboxylic acids is 1. The number of benzene rings is 1. The van der Waals surface area contributed by atoms with Crippen molar-refractivity contribution >= 4 is 23.1 Å². The highest BCUT2D eigenvalue weighted by Crippen LogP contribution is 2.24. The van der Waals surface area contributed by atoms with E-state index < -0.39 is 11.8 Å². The molecule has 0 aliphatic carbocycles. The number of carbonyl (C=O) groups excluding carboxylic acids is 1. The third-order valence-corrected chi connectivity index (χ3v) is 4.05. The summed E-state index contributed by atoms with van der Waals surface area (Å²) in [4.78, 5) is 27.5. The highest BCUT2D eigenvalue weighted by Gasteiger charge is 2.19. The van der Waals surface area contributed by atoms with E-state index in [9.17, 15) is 19.8 Å². The monoisotopic (exact) mass is 394 g/mol. The van der Waals surface area contributed by atoms with E-state index >= 15 is 0 Å². The normalized spacial score (nSPS) is 12.0. The van der Waals surface area contributed by atoms with Crippen LogP contribution >= 0.6 is 0 Å². The molecule has 1 aromatic carbocycles. The van der Waals surface area contributed by atoms with Gasteiger partial charge < -0.3 is 19.5 Å². The molecule has 0 saturated heterocycles. The molecule has 2 heterocycles. The first kappa shape index (κ1) is 19.6. The highest BCUT2D eigenvalue weighted by molar-refractivity contribution is 6.14. The van der Waals surface area contributed by atoms with Gasteiger partial charge >= 0.3 is 5.97 Å². The zero-order valence-electron chi connectivity index (χ0n) is 15.4. The van der Waals surface area contributed by atoms with Crippen molar-refractivity contribution in [2.24, 2.45) is 0 Å². The zero-order valence-corrected chi connectivity index (χ0v) is 15.4. The molecule has 9 heteroatoms. The number of aromatic nitrogens is 4. The molecule has 3 rings (SSSR count). The molecular weight excluding hydrogens is 376 g/mol. The fraction of sp³-hybridized carbons (Fsp3) is 0.100. The Balaban J connectivity index is 2.02. The first-order valence-corrected chi connectivity index (χ1v) is 8.51. The molecule has 0 saturated carbocycles. The van der Waals surface area contributed by atoms with Gasteiger partial charge in [0.15, 0.2) is 5.82 Å². The number of rotatable bonds is 8. The average Bonchev–Trinajstić information content (AvgIpc) is 3.37. The Hall–Kier alpha value is -4.14. The molecule has 0 unspecified atom stereocenters. The van der Waals surface area contributed by atoms with E-state index in [0.717, 1.165) is 17.9 Å². The number of nitrogens with zero attached hydrogens (tertiary/aromatic N) is 3. The van der Waals surface area contributed by atoms with Crippen LogP contribution in [0, 0.1) is 0 Å². The lowest BCUT2D eigenvalue weighted by Gasteiger charge is -2.09. The lowest BCUT2D eigenvalue weighted by molar-refractivity contribution is -0.130. The Morgan fingerprint density at radius 2 is 2.00 bits per heavy atom. The van der Waals surface area contributed by atoms with Crippen LogP contribution in [0.2, 0.25) is 0 Å². The van der Waals surface area contributed by atoms with Crippen molar-refractivity contribution in [2.45, 2.75) is 6.54 Å². The molecule has 0 aliphatic rings. The molecule has 0 atom stereocenters. The molecule has 2 aromatic heterocycles. The van der Waals surface area contributed by atoms with Gasteiger partial charge in [0.25, 0.3) is 0 Å². The van der Waals surface area contributed by atoms with Gasteiger partial charge in [0.2, 0.25) is 5.78 Å². The minimum absolute atomic E-state index is 0.0222. The molecule has 0 amide bonds. The lowest BCUT2D eigenvalue weighted by atomic mass is 10.1. The van der Waals surface area contributed by atoms with Gasteiger partial charge in [-0.25, -0.2) is 9.78 Å². The molecule has 0 radical (unpaired) electrons. The number of aliphatic carboxylic acids is 1. The van der Waals surface area contributed by atoms with Crippen molar-refractivity contribution < 1.29 is 24.5 Å². The van der Waals surface area contributed by atoms with Crippen LogP contribution in [0.3, 0.4) is 0 Å². The number of ketones is 1. The van der Waals surface area contributed by atoms with Crippen molar-refractivity contribution in [3.8, 4) is 0 Å². The van der Waals surface area contributed by atoms with Crippen LogP contribution in [-0.4, -0.2) is 48.8 Å². The maximum atomic E-state index is 12.1. The van der Waals surface area contributed by atoms with E-state index in [4.69, 9.17) is 4.74 Å². The molecule has 29 heavy (non-hydrogen) atoms. The summed E-state index contributed by atoms with van der Waals surface area (Å²) in [5.74, 6) is -2.11. The fourth-order valence-corrected chi connectivity index (χ4v) is 2.73. The van der Waals surface area contributed by atoms with Gasteiger partial charge in [0.05, 0.1) is 19.1 Å². The summed E-state index contributed by atoms with van der Waals surface area (Å²) in [6.45, 7) is 0.355. The smallest absolute Gasteiger partial charge is 0.340 e. The van der Waals surface area contributed by atoms with Crippen LogP contribution in [0.4, 0.5) is 0 Å². The Labute approximate surface area is 165 Å².